The van der Waals surface area contributed by atoms with Gasteiger partial charge in [-0.1, -0.05) is 0 Å². The van der Waals surface area contributed by atoms with Crippen molar-refractivity contribution in [3.63, 3.8) is 0 Å². The summed E-state index contributed by atoms with van der Waals surface area (Å²) in [5.41, 5.74) is 0. The molecule has 0 aliphatic heterocycles. The van der Waals surface area contributed by atoms with E-state index in [4.69, 9.17) is 14.2 Å². The van der Waals surface area contributed by atoms with Gasteiger partial charge in [0.15, 0.2) is 6.10 Å². The molecule has 0 aliphatic rings. The van der Waals surface area contributed by atoms with Gasteiger partial charge in [0.05, 0.1) is 13.2 Å². The van der Waals surface area contributed by atoms with Crippen molar-refractivity contribution in [2.45, 2.75) is 6.10 Å². The Hall–Kier alpha value is -0.0800. The summed E-state index contributed by atoms with van der Waals surface area (Å²) in [6, 6.07) is 0. The van der Waals surface area contributed by atoms with Crippen LogP contribution in [0.2, 0.25) is 0 Å². The first-order valence-electron chi connectivity index (χ1n) is 3.61. The lowest BCUT2D eigenvalue weighted by Crippen LogP contribution is -2.27. The van der Waals surface area contributed by atoms with Gasteiger partial charge in [-0.2, -0.15) is 0 Å². The molecule has 0 saturated carbocycles. The molecule has 0 atom stereocenters. The maximum absolute atomic E-state index is 10.8. The molecule has 0 aliphatic carbocycles. The van der Waals surface area contributed by atoms with Gasteiger partial charge in [0.1, 0.15) is 4.61 Å². The quantitative estimate of drug-likeness (QED) is 0.419. The van der Waals surface area contributed by atoms with Gasteiger partial charge < -0.3 is 18.9 Å². The zero-order chi connectivity index (χ0) is 10.1. The van der Waals surface area contributed by atoms with Gasteiger partial charge in [-0.3, -0.25) is 0 Å². The third-order valence-corrected chi connectivity index (χ3v) is 1.45. The van der Waals surface area contributed by atoms with Crippen LogP contribution in [0.3, 0.4) is 0 Å². The van der Waals surface area contributed by atoms with E-state index >= 15 is 0 Å². The Balaban J connectivity index is 3.71. The van der Waals surface area contributed by atoms with Crippen molar-refractivity contribution in [2.75, 3.05) is 32.0 Å². The minimum atomic E-state index is -0.700. The predicted octanol–water partition coefficient (Wildman–Crippen LogP) is 1.19. The Morgan fingerprint density at radius 1 is 1.31 bits per heavy atom. The highest BCUT2D eigenvalue weighted by Gasteiger charge is 2.14. The topological polar surface area (TPSA) is 54.0 Å². The summed E-state index contributed by atoms with van der Waals surface area (Å²) >= 11 is 1.91. The lowest BCUT2D eigenvalue weighted by molar-refractivity contribution is -0.0299. The molecule has 6 heteroatoms. The zero-order valence-corrected chi connectivity index (χ0v) is 9.78. The van der Waals surface area contributed by atoms with E-state index in [1.54, 1.807) is 0 Å². The second-order valence-electron chi connectivity index (χ2n) is 2.15. The number of alkyl halides is 1. The molecule has 0 aromatic rings. The van der Waals surface area contributed by atoms with E-state index in [0.717, 1.165) is 0 Å². The van der Waals surface area contributed by atoms with E-state index in [0.29, 0.717) is 13.2 Å². The Morgan fingerprint density at radius 3 is 2.23 bits per heavy atom. The molecule has 0 amide bonds. The van der Waals surface area contributed by atoms with Crippen LogP contribution in [0.15, 0.2) is 0 Å². The van der Waals surface area contributed by atoms with E-state index in [-0.39, 0.29) is 4.61 Å². The van der Waals surface area contributed by atoms with Gasteiger partial charge in [-0.15, -0.1) is 0 Å². The van der Waals surface area contributed by atoms with E-state index < -0.39 is 12.3 Å². The smallest absolute Gasteiger partial charge is 0.426 e. The van der Waals surface area contributed by atoms with Crippen LogP contribution in [0.25, 0.3) is 0 Å². The van der Waals surface area contributed by atoms with Crippen molar-refractivity contribution in [1.82, 2.24) is 0 Å². The number of rotatable bonds is 6. The molecule has 78 valence electrons. The Kier molecular flexibility index (Phi) is 8.46. The van der Waals surface area contributed by atoms with Gasteiger partial charge in [-0.25, -0.2) is 4.79 Å². The highest BCUT2D eigenvalue weighted by atomic mass is 127. The molecule has 0 radical (unpaired) electrons. The highest BCUT2D eigenvalue weighted by molar-refractivity contribution is 14.1. The Labute approximate surface area is 90.8 Å². The monoisotopic (exact) mass is 304 g/mol. The number of ether oxygens (including phenoxy) is 4. The Morgan fingerprint density at radius 2 is 1.85 bits per heavy atom. The molecular formula is C7H13IO5. The average molecular weight is 304 g/mol. The van der Waals surface area contributed by atoms with E-state index in [9.17, 15) is 4.79 Å². The van der Waals surface area contributed by atoms with Crippen molar-refractivity contribution >= 4 is 28.7 Å². The molecule has 0 aromatic heterocycles. The summed E-state index contributed by atoms with van der Waals surface area (Å²) in [7, 11) is 3.05. The molecule has 13 heavy (non-hydrogen) atoms. The number of carbonyl (C=O) groups excluding carboxylic acids is 1. The summed E-state index contributed by atoms with van der Waals surface area (Å²) < 4.78 is 19.3. The number of methoxy groups -OCH3 is 2. The van der Waals surface area contributed by atoms with E-state index in [1.165, 1.54) is 14.2 Å². The largest absolute Gasteiger partial charge is 0.509 e. The summed E-state index contributed by atoms with van der Waals surface area (Å²) in [4.78, 5) is 10.8. The zero-order valence-electron chi connectivity index (χ0n) is 7.62. The molecule has 0 fully saturated rings. The maximum atomic E-state index is 10.8. The van der Waals surface area contributed by atoms with Gasteiger partial charge in [0.25, 0.3) is 0 Å². The van der Waals surface area contributed by atoms with Crippen LogP contribution in [0, 0.1) is 0 Å². The third kappa shape index (κ3) is 7.03. The van der Waals surface area contributed by atoms with Crippen molar-refractivity contribution < 1.29 is 23.7 Å². The molecular weight excluding hydrogens is 291 g/mol. The van der Waals surface area contributed by atoms with Gasteiger partial charge in [0.2, 0.25) is 0 Å². The minimum absolute atomic E-state index is 0.267. The molecule has 0 N–H and O–H groups in total. The molecule has 0 unspecified atom stereocenters. The molecule has 0 heterocycles. The van der Waals surface area contributed by atoms with Crippen LogP contribution in [0.4, 0.5) is 4.79 Å². The normalized spacial score (nSPS) is 10.2. The number of carbonyl (C=O) groups is 1. The van der Waals surface area contributed by atoms with Gasteiger partial charge in [-0.05, 0) is 22.6 Å². The van der Waals surface area contributed by atoms with Crippen LogP contribution in [0.1, 0.15) is 0 Å². The predicted molar refractivity (Wildman–Crippen MR) is 54.0 cm³/mol. The van der Waals surface area contributed by atoms with Crippen LogP contribution >= 0.6 is 22.6 Å². The van der Waals surface area contributed by atoms with Crippen molar-refractivity contribution in [2.24, 2.45) is 0 Å². The van der Waals surface area contributed by atoms with E-state index in [1.807, 2.05) is 22.6 Å². The fourth-order valence-corrected chi connectivity index (χ4v) is 0.957. The highest BCUT2D eigenvalue weighted by Crippen LogP contribution is 1.98. The first-order chi connectivity index (χ1) is 6.24. The third-order valence-electron chi connectivity index (χ3n) is 1.14. The second kappa shape index (κ2) is 8.52. The van der Waals surface area contributed by atoms with Crippen LogP contribution in [-0.2, 0) is 18.9 Å². The SMILES string of the molecule is COCC(COC)OC(=O)OCI. The standard InChI is InChI=1S/C7H13IO5/c1-10-3-6(4-11-2)13-7(9)12-5-8/h6H,3-5H2,1-2H3. The number of hydrogen-bond acceptors (Lipinski definition) is 5. The van der Waals surface area contributed by atoms with Crippen LogP contribution < -0.4 is 0 Å². The first kappa shape index (κ1) is 12.9. The summed E-state index contributed by atoms with van der Waals surface area (Å²) in [6.07, 6.45) is -1.11. The minimum Gasteiger partial charge on any atom is -0.426 e. The fourth-order valence-electron chi connectivity index (χ4n) is 0.703. The molecule has 5 nitrogen and oxygen atoms in total. The Bertz CT molecular complexity index is 135. The van der Waals surface area contributed by atoms with Gasteiger partial charge >= 0.3 is 6.16 Å². The summed E-state index contributed by atoms with van der Waals surface area (Å²) in [5.74, 6) is 0. The second-order valence-corrected chi connectivity index (χ2v) is 2.78. The first-order valence-corrected chi connectivity index (χ1v) is 5.14. The molecule has 0 rings (SSSR count). The van der Waals surface area contributed by atoms with Gasteiger partial charge in [0, 0.05) is 14.2 Å². The number of halogens is 1. The van der Waals surface area contributed by atoms with Crippen LogP contribution in [0.5, 0.6) is 0 Å². The number of hydrogen-bond donors (Lipinski definition) is 0. The molecule has 0 aromatic carbocycles. The summed E-state index contributed by atoms with van der Waals surface area (Å²) in [5, 5.41) is 0. The average Bonchev–Trinajstić information content (AvgIpc) is 2.05. The van der Waals surface area contributed by atoms with Crippen molar-refractivity contribution in [3.8, 4) is 0 Å². The van der Waals surface area contributed by atoms with E-state index in [2.05, 4.69) is 4.74 Å². The molecule has 0 bridgehead atoms. The van der Waals surface area contributed by atoms with Crippen molar-refractivity contribution in [3.05, 3.63) is 0 Å². The van der Waals surface area contributed by atoms with Crippen LogP contribution in [-0.4, -0.2) is 44.3 Å². The fraction of sp³-hybridized carbons (Fsp3) is 0.857. The maximum Gasteiger partial charge on any atom is 0.509 e. The lowest BCUT2D eigenvalue weighted by atomic mass is 10.4. The molecule has 0 spiro atoms. The summed E-state index contributed by atoms with van der Waals surface area (Å²) in [6.45, 7) is 0.592. The lowest BCUT2D eigenvalue weighted by Gasteiger charge is -2.14. The van der Waals surface area contributed by atoms with Crippen molar-refractivity contribution in [1.29, 1.82) is 0 Å². The molecule has 0 saturated heterocycles.